The van der Waals surface area contributed by atoms with Crippen molar-refractivity contribution in [1.29, 1.82) is 0 Å². The summed E-state index contributed by atoms with van der Waals surface area (Å²) in [6.07, 6.45) is 1.69. The first-order valence-electron chi connectivity index (χ1n) is 6.25. The summed E-state index contributed by atoms with van der Waals surface area (Å²) in [6.45, 7) is 0. The Balaban J connectivity index is 1.67. The van der Waals surface area contributed by atoms with Crippen LogP contribution in [-0.4, -0.2) is 25.3 Å². The molecule has 0 saturated carbocycles. The summed E-state index contributed by atoms with van der Waals surface area (Å²) in [5, 5.41) is 13.1. The smallest absolute Gasteiger partial charge is 0.278 e. The van der Waals surface area contributed by atoms with Crippen LogP contribution >= 0.6 is 11.3 Å². The van der Waals surface area contributed by atoms with E-state index in [4.69, 9.17) is 4.52 Å². The molecule has 0 saturated heterocycles. The van der Waals surface area contributed by atoms with E-state index in [2.05, 4.69) is 25.3 Å². The summed E-state index contributed by atoms with van der Waals surface area (Å²) < 4.78 is 5.26. The first kappa shape index (κ1) is 12.0. The Morgan fingerprint density at radius 2 is 2.10 bits per heavy atom. The van der Waals surface area contributed by atoms with E-state index >= 15 is 0 Å². The number of aromatic nitrogens is 5. The van der Waals surface area contributed by atoms with Crippen molar-refractivity contribution in [3.8, 4) is 33.7 Å². The van der Waals surface area contributed by atoms with Gasteiger partial charge in [-0.05, 0) is 29.6 Å². The van der Waals surface area contributed by atoms with Crippen molar-refractivity contribution in [2.75, 3.05) is 0 Å². The minimum atomic E-state index is 0.370. The number of pyridine rings is 1. The maximum absolute atomic E-state index is 5.26. The third kappa shape index (κ3) is 2.23. The van der Waals surface area contributed by atoms with Crippen LogP contribution in [0.3, 0.4) is 0 Å². The second kappa shape index (κ2) is 4.95. The lowest BCUT2D eigenvalue weighted by molar-refractivity contribution is 0.430. The normalized spacial score (nSPS) is 10.9. The molecule has 6 nitrogen and oxygen atoms in total. The zero-order valence-corrected chi connectivity index (χ0v) is 11.5. The fourth-order valence-corrected chi connectivity index (χ4v) is 2.61. The number of H-pyrrole nitrogens is 1. The van der Waals surface area contributed by atoms with Crippen LogP contribution in [0.4, 0.5) is 0 Å². The molecule has 4 aromatic heterocycles. The van der Waals surface area contributed by atoms with Gasteiger partial charge in [0.05, 0.1) is 10.6 Å². The van der Waals surface area contributed by atoms with Gasteiger partial charge in [-0.25, -0.2) is 0 Å². The van der Waals surface area contributed by atoms with Crippen LogP contribution in [-0.2, 0) is 0 Å². The van der Waals surface area contributed by atoms with Crippen LogP contribution in [0.25, 0.3) is 33.7 Å². The minimum absolute atomic E-state index is 0.370. The highest BCUT2D eigenvalue weighted by atomic mass is 32.1. The van der Waals surface area contributed by atoms with Gasteiger partial charge in [-0.1, -0.05) is 17.3 Å². The van der Waals surface area contributed by atoms with Gasteiger partial charge in [-0.2, -0.15) is 10.1 Å². The van der Waals surface area contributed by atoms with E-state index in [0.717, 1.165) is 10.6 Å². The molecule has 0 atom stereocenters. The van der Waals surface area contributed by atoms with Crippen LogP contribution in [0.15, 0.2) is 52.5 Å². The van der Waals surface area contributed by atoms with E-state index in [1.807, 2.05) is 41.8 Å². The molecule has 0 bridgehead atoms. The van der Waals surface area contributed by atoms with Crippen LogP contribution in [0.2, 0.25) is 0 Å². The van der Waals surface area contributed by atoms with Crippen LogP contribution in [0.5, 0.6) is 0 Å². The van der Waals surface area contributed by atoms with Gasteiger partial charge in [0.1, 0.15) is 5.69 Å². The molecular formula is C14H9N5OS. The summed E-state index contributed by atoms with van der Waals surface area (Å²) >= 11 is 1.64. The molecule has 4 rings (SSSR count). The van der Waals surface area contributed by atoms with Gasteiger partial charge in [-0.3, -0.25) is 10.1 Å². The first-order chi connectivity index (χ1) is 10.4. The highest BCUT2D eigenvalue weighted by molar-refractivity contribution is 7.13. The van der Waals surface area contributed by atoms with Gasteiger partial charge in [0.2, 0.25) is 5.82 Å². The van der Waals surface area contributed by atoms with Crippen LogP contribution < -0.4 is 0 Å². The lowest BCUT2D eigenvalue weighted by Crippen LogP contribution is -1.84. The third-order valence-corrected chi connectivity index (χ3v) is 3.81. The van der Waals surface area contributed by atoms with Crippen molar-refractivity contribution < 1.29 is 4.52 Å². The maximum Gasteiger partial charge on any atom is 0.278 e. The van der Waals surface area contributed by atoms with Crippen molar-refractivity contribution in [2.45, 2.75) is 0 Å². The quantitative estimate of drug-likeness (QED) is 0.627. The molecule has 0 fully saturated rings. The molecular weight excluding hydrogens is 286 g/mol. The predicted octanol–water partition coefficient (Wildman–Crippen LogP) is 3.25. The Hall–Kier alpha value is -2.80. The fraction of sp³-hybridized carbons (Fsp3) is 0. The van der Waals surface area contributed by atoms with Crippen molar-refractivity contribution in [3.63, 3.8) is 0 Å². The molecule has 1 N–H and O–H groups in total. The van der Waals surface area contributed by atoms with Gasteiger partial charge in [0.15, 0.2) is 5.69 Å². The molecule has 0 aromatic carbocycles. The summed E-state index contributed by atoms with van der Waals surface area (Å²) in [6, 6.07) is 11.5. The van der Waals surface area contributed by atoms with Gasteiger partial charge >= 0.3 is 0 Å². The van der Waals surface area contributed by atoms with E-state index in [0.29, 0.717) is 23.1 Å². The molecule has 4 aromatic rings. The molecule has 0 aliphatic heterocycles. The predicted molar refractivity (Wildman–Crippen MR) is 78.4 cm³/mol. The summed E-state index contributed by atoms with van der Waals surface area (Å²) in [4.78, 5) is 9.63. The minimum Gasteiger partial charge on any atom is -0.332 e. The zero-order valence-electron chi connectivity index (χ0n) is 10.7. The molecule has 0 radical (unpaired) electrons. The lowest BCUT2D eigenvalue weighted by atomic mass is 10.3. The number of hydrogen-bond donors (Lipinski definition) is 1. The van der Waals surface area contributed by atoms with Crippen molar-refractivity contribution >= 4 is 11.3 Å². The average Bonchev–Trinajstić information content (AvgIpc) is 3.27. The Bertz CT molecular complexity index is 851. The van der Waals surface area contributed by atoms with E-state index in [1.165, 1.54) is 0 Å². The Morgan fingerprint density at radius 3 is 2.90 bits per heavy atom. The van der Waals surface area contributed by atoms with Crippen LogP contribution in [0, 0.1) is 0 Å². The molecule has 102 valence electrons. The van der Waals surface area contributed by atoms with Gasteiger partial charge in [0, 0.05) is 6.20 Å². The second-order valence-electron chi connectivity index (χ2n) is 4.28. The summed E-state index contributed by atoms with van der Waals surface area (Å²) in [5.74, 6) is 0.820. The summed E-state index contributed by atoms with van der Waals surface area (Å²) in [7, 11) is 0. The van der Waals surface area contributed by atoms with Gasteiger partial charge < -0.3 is 4.52 Å². The average molecular weight is 295 g/mol. The number of nitrogens with one attached hydrogen (secondary N) is 1. The Kier molecular flexibility index (Phi) is 2.82. The van der Waals surface area contributed by atoms with E-state index in [9.17, 15) is 0 Å². The fourth-order valence-electron chi connectivity index (χ4n) is 1.92. The zero-order chi connectivity index (χ0) is 14.1. The lowest BCUT2D eigenvalue weighted by Gasteiger charge is -1.89. The highest BCUT2D eigenvalue weighted by Gasteiger charge is 2.14. The molecule has 7 heteroatoms. The number of rotatable bonds is 3. The molecule has 21 heavy (non-hydrogen) atoms. The van der Waals surface area contributed by atoms with E-state index in [-0.39, 0.29) is 0 Å². The molecule has 0 spiro atoms. The van der Waals surface area contributed by atoms with Crippen molar-refractivity contribution in [1.82, 2.24) is 25.3 Å². The maximum atomic E-state index is 5.26. The topological polar surface area (TPSA) is 80.5 Å². The van der Waals surface area contributed by atoms with E-state index in [1.54, 1.807) is 17.5 Å². The number of aromatic amines is 1. The monoisotopic (exact) mass is 295 g/mol. The first-order valence-corrected chi connectivity index (χ1v) is 7.13. The SMILES string of the molecule is c1ccc(-c2noc(-c3cc(-c4cccs4)[nH]n3)n2)nc1. The number of hydrogen-bond acceptors (Lipinski definition) is 6. The number of nitrogens with zero attached hydrogens (tertiary/aromatic N) is 4. The van der Waals surface area contributed by atoms with Gasteiger partial charge in [0.25, 0.3) is 5.89 Å². The molecule has 0 unspecified atom stereocenters. The second-order valence-corrected chi connectivity index (χ2v) is 5.23. The van der Waals surface area contributed by atoms with E-state index < -0.39 is 0 Å². The molecule has 4 heterocycles. The largest absolute Gasteiger partial charge is 0.332 e. The molecule has 0 aliphatic carbocycles. The van der Waals surface area contributed by atoms with Crippen LogP contribution in [0.1, 0.15) is 0 Å². The van der Waals surface area contributed by atoms with Gasteiger partial charge in [-0.15, -0.1) is 11.3 Å². The highest BCUT2D eigenvalue weighted by Crippen LogP contribution is 2.26. The number of thiophene rings is 1. The van der Waals surface area contributed by atoms with Crippen molar-refractivity contribution in [2.24, 2.45) is 0 Å². The Labute approximate surface area is 123 Å². The molecule has 0 aliphatic rings. The van der Waals surface area contributed by atoms with Crippen molar-refractivity contribution in [3.05, 3.63) is 48.0 Å². The summed E-state index contributed by atoms with van der Waals surface area (Å²) in [5.41, 5.74) is 2.21. The molecule has 0 amide bonds. The third-order valence-electron chi connectivity index (χ3n) is 2.90. The Morgan fingerprint density at radius 1 is 1.10 bits per heavy atom. The standard InChI is InChI=1S/C14H9N5OS/c1-2-6-15-9(4-1)13-16-14(20-19-13)11-8-10(17-18-11)12-5-3-7-21-12/h1-8H,(H,17,18).